The molecular formula is C11H14BNO2. The van der Waals surface area contributed by atoms with Crippen molar-refractivity contribution in [1.82, 2.24) is 0 Å². The van der Waals surface area contributed by atoms with Gasteiger partial charge in [0.1, 0.15) is 0 Å². The molecule has 1 aromatic rings. The van der Waals surface area contributed by atoms with Gasteiger partial charge < -0.3 is 9.31 Å². The van der Waals surface area contributed by atoms with E-state index in [2.05, 4.69) is 6.07 Å². The summed E-state index contributed by atoms with van der Waals surface area (Å²) in [5.41, 5.74) is 1.51. The van der Waals surface area contributed by atoms with Crippen molar-refractivity contribution in [2.45, 2.75) is 13.8 Å². The van der Waals surface area contributed by atoms with Gasteiger partial charge in [0.2, 0.25) is 0 Å². The first-order valence-electron chi connectivity index (χ1n) is 5.05. The van der Waals surface area contributed by atoms with Crippen LogP contribution in [0.2, 0.25) is 0 Å². The zero-order valence-corrected chi connectivity index (χ0v) is 9.06. The molecule has 0 aliphatic heterocycles. The highest BCUT2D eigenvalue weighted by Crippen LogP contribution is 1.98. The maximum Gasteiger partial charge on any atom is 0.493 e. The van der Waals surface area contributed by atoms with E-state index in [1.54, 1.807) is 12.1 Å². The predicted octanol–water partition coefficient (Wildman–Crippen LogP) is 1.33. The highest BCUT2D eigenvalue weighted by Gasteiger charge is 2.19. The van der Waals surface area contributed by atoms with Crippen molar-refractivity contribution in [2.24, 2.45) is 0 Å². The zero-order chi connectivity index (χ0) is 11.1. The molecule has 0 saturated heterocycles. The van der Waals surface area contributed by atoms with E-state index >= 15 is 0 Å². The molecule has 4 heteroatoms. The lowest BCUT2D eigenvalue weighted by Crippen LogP contribution is -2.37. The van der Waals surface area contributed by atoms with Gasteiger partial charge in [-0.15, -0.1) is 0 Å². The SMILES string of the molecule is CCOB(OCC)c1cccc(C#N)c1. The third-order valence-electron chi connectivity index (χ3n) is 1.92. The molecule has 1 rings (SSSR count). The summed E-state index contributed by atoms with van der Waals surface area (Å²) in [5.74, 6) is 0. The van der Waals surface area contributed by atoms with E-state index in [4.69, 9.17) is 14.6 Å². The molecule has 0 spiro atoms. The predicted molar refractivity (Wildman–Crippen MR) is 59.8 cm³/mol. The van der Waals surface area contributed by atoms with E-state index in [-0.39, 0.29) is 7.12 Å². The van der Waals surface area contributed by atoms with Gasteiger partial charge in [0.25, 0.3) is 0 Å². The van der Waals surface area contributed by atoms with Crippen LogP contribution in [0.25, 0.3) is 0 Å². The van der Waals surface area contributed by atoms with Crippen molar-refractivity contribution in [3.63, 3.8) is 0 Å². The van der Waals surface area contributed by atoms with E-state index in [0.29, 0.717) is 18.8 Å². The molecule has 15 heavy (non-hydrogen) atoms. The smallest absolute Gasteiger partial charge is 0.408 e. The summed E-state index contributed by atoms with van der Waals surface area (Å²) in [4.78, 5) is 0. The Labute approximate surface area is 90.8 Å². The maximum atomic E-state index is 8.77. The second kappa shape index (κ2) is 6.23. The molecule has 0 heterocycles. The molecule has 0 N–H and O–H groups in total. The Hall–Kier alpha value is -1.31. The van der Waals surface area contributed by atoms with Crippen molar-refractivity contribution in [3.05, 3.63) is 29.8 Å². The summed E-state index contributed by atoms with van der Waals surface area (Å²) in [7, 11) is -0.367. The quantitative estimate of drug-likeness (QED) is 0.678. The number of hydrogen-bond donors (Lipinski definition) is 0. The molecule has 3 nitrogen and oxygen atoms in total. The zero-order valence-electron chi connectivity index (χ0n) is 9.06. The maximum absolute atomic E-state index is 8.77. The Morgan fingerprint density at radius 1 is 1.27 bits per heavy atom. The van der Waals surface area contributed by atoms with E-state index in [1.165, 1.54) is 0 Å². The minimum Gasteiger partial charge on any atom is -0.408 e. The van der Waals surface area contributed by atoms with Gasteiger partial charge in [-0.1, -0.05) is 12.1 Å². The minimum atomic E-state index is -0.367. The first-order valence-corrected chi connectivity index (χ1v) is 5.05. The van der Waals surface area contributed by atoms with Crippen molar-refractivity contribution in [2.75, 3.05) is 13.2 Å². The minimum absolute atomic E-state index is 0.367. The van der Waals surface area contributed by atoms with Crippen molar-refractivity contribution < 1.29 is 9.31 Å². The van der Waals surface area contributed by atoms with Gasteiger partial charge >= 0.3 is 7.12 Å². The standard InChI is InChI=1S/C11H14BNO2/c1-3-14-12(15-4-2)11-7-5-6-10(8-11)9-13/h5-8H,3-4H2,1-2H3. The Bertz CT molecular complexity index is 343. The van der Waals surface area contributed by atoms with Crippen LogP contribution in [0, 0.1) is 11.3 Å². The number of nitrogens with zero attached hydrogens (tertiary/aromatic N) is 1. The molecule has 1 aromatic carbocycles. The third kappa shape index (κ3) is 3.39. The number of nitriles is 1. The second-order valence-electron chi connectivity index (χ2n) is 2.98. The largest absolute Gasteiger partial charge is 0.493 e. The van der Waals surface area contributed by atoms with Gasteiger partial charge in [-0.25, -0.2) is 0 Å². The van der Waals surface area contributed by atoms with Crippen LogP contribution in [0.3, 0.4) is 0 Å². The molecule has 0 amide bonds. The van der Waals surface area contributed by atoms with Gasteiger partial charge in [-0.3, -0.25) is 0 Å². The third-order valence-corrected chi connectivity index (χ3v) is 1.92. The van der Waals surface area contributed by atoms with Crippen molar-refractivity contribution in [3.8, 4) is 6.07 Å². The Morgan fingerprint density at radius 2 is 1.93 bits per heavy atom. The van der Waals surface area contributed by atoms with Crippen LogP contribution >= 0.6 is 0 Å². The fourth-order valence-corrected chi connectivity index (χ4v) is 1.30. The highest BCUT2D eigenvalue weighted by atomic mass is 16.6. The summed E-state index contributed by atoms with van der Waals surface area (Å²) < 4.78 is 10.9. The fourth-order valence-electron chi connectivity index (χ4n) is 1.30. The highest BCUT2D eigenvalue weighted by molar-refractivity contribution is 6.61. The molecule has 0 unspecified atom stereocenters. The molecule has 0 saturated carbocycles. The van der Waals surface area contributed by atoms with Gasteiger partial charge in [-0.05, 0) is 31.4 Å². The average Bonchev–Trinajstić information content (AvgIpc) is 2.29. The molecule has 0 aromatic heterocycles. The Morgan fingerprint density at radius 3 is 2.47 bits per heavy atom. The van der Waals surface area contributed by atoms with E-state index < -0.39 is 0 Å². The summed E-state index contributed by atoms with van der Waals surface area (Å²) in [6.45, 7) is 5.00. The van der Waals surface area contributed by atoms with Crippen LogP contribution in [-0.4, -0.2) is 20.3 Å². The molecular weight excluding hydrogens is 189 g/mol. The Balaban J connectivity index is 2.85. The lowest BCUT2D eigenvalue weighted by atomic mass is 9.78. The van der Waals surface area contributed by atoms with Gasteiger partial charge in [-0.2, -0.15) is 5.26 Å². The molecule has 78 valence electrons. The first-order chi connectivity index (χ1) is 7.31. The summed E-state index contributed by atoms with van der Waals surface area (Å²) >= 11 is 0. The molecule has 0 fully saturated rings. The lowest BCUT2D eigenvalue weighted by Gasteiger charge is -2.12. The number of hydrogen-bond acceptors (Lipinski definition) is 3. The van der Waals surface area contributed by atoms with Crippen molar-refractivity contribution >= 4 is 12.6 Å². The first kappa shape index (κ1) is 11.8. The van der Waals surface area contributed by atoms with E-state index in [9.17, 15) is 0 Å². The normalized spacial score (nSPS) is 9.67. The average molecular weight is 203 g/mol. The van der Waals surface area contributed by atoms with E-state index in [0.717, 1.165) is 5.46 Å². The van der Waals surface area contributed by atoms with Gasteiger partial charge in [0.05, 0.1) is 11.6 Å². The Kier molecular flexibility index (Phi) is 4.89. The van der Waals surface area contributed by atoms with Crippen LogP contribution in [0.5, 0.6) is 0 Å². The van der Waals surface area contributed by atoms with E-state index in [1.807, 2.05) is 26.0 Å². The second-order valence-corrected chi connectivity index (χ2v) is 2.98. The molecule has 0 aliphatic carbocycles. The lowest BCUT2D eigenvalue weighted by molar-refractivity contribution is 0.225. The summed E-state index contributed by atoms with van der Waals surface area (Å²) in [5, 5.41) is 8.77. The van der Waals surface area contributed by atoms with Gasteiger partial charge in [0.15, 0.2) is 0 Å². The molecule has 0 radical (unpaired) electrons. The van der Waals surface area contributed by atoms with Crippen molar-refractivity contribution in [1.29, 1.82) is 5.26 Å². The number of rotatable bonds is 5. The van der Waals surface area contributed by atoms with Crippen LogP contribution in [0.1, 0.15) is 19.4 Å². The van der Waals surface area contributed by atoms with Crippen LogP contribution in [0.15, 0.2) is 24.3 Å². The topological polar surface area (TPSA) is 42.2 Å². The fraction of sp³-hybridized carbons (Fsp3) is 0.364. The monoisotopic (exact) mass is 203 g/mol. The summed E-state index contributed by atoms with van der Waals surface area (Å²) in [6.07, 6.45) is 0. The molecule has 0 atom stereocenters. The molecule has 0 bridgehead atoms. The molecule has 0 aliphatic rings. The summed E-state index contributed by atoms with van der Waals surface area (Å²) in [6, 6.07) is 9.38. The van der Waals surface area contributed by atoms with Crippen LogP contribution < -0.4 is 5.46 Å². The van der Waals surface area contributed by atoms with Gasteiger partial charge in [0, 0.05) is 13.2 Å². The van der Waals surface area contributed by atoms with Crippen LogP contribution in [0.4, 0.5) is 0 Å². The van der Waals surface area contributed by atoms with Crippen LogP contribution in [-0.2, 0) is 9.31 Å². The number of benzene rings is 1.